The lowest BCUT2D eigenvalue weighted by molar-refractivity contribution is 0.0958. The first-order chi connectivity index (χ1) is 11.8. The van der Waals surface area contributed by atoms with Crippen molar-refractivity contribution >= 4 is 5.91 Å². The maximum atomic E-state index is 12.0. The summed E-state index contributed by atoms with van der Waals surface area (Å²) in [6.45, 7) is 0.272. The zero-order valence-electron chi connectivity index (χ0n) is 12.9. The Morgan fingerprint density at radius 2 is 1.54 bits per heavy atom. The fourth-order valence-electron chi connectivity index (χ4n) is 2.08. The van der Waals surface area contributed by atoms with Gasteiger partial charge in [0, 0.05) is 23.5 Å². The minimum Gasteiger partial charge on any atom is -0.341 e. The van der Waals surface area contributed by atoms with Crippen LogP contribution in [0.15, 0.2) is 73.1 Å². The molecule has 0 fully saturated rings. The summed E-state index contributed by atoms with van der Waals surface area (Å²) in [5.74, 6) is 6.26. The van der Waals surface area contributed by atoms with E-state index < -0.39 is 0 Å². The lowest BCUT2D eigenvalue weighted by atomic mass is 10.2. The van der Waals surface area contributed by atoms with Gasteiger partial charge in [-0.2, -0.15) is 0 Å². The molecule has 1 heterocycles. The molecule has 0 atom stereocenters. The summed E-state index contributed by atoms with van der Waals surface area (Å²) in [6, 6.07) is 19.3. The van der Waals surface area contributed by atoms with Crippen LogP contribution in [0.2, 0.25) is 0 Å². The molecule has 0 spiro atoms. The third-order valence-electron chi connectivity index (χ3n) is 3.29. The number of aromatic nitrogens is 2. The van der Waals surface area contributed by atoms with E-state index in [0.717, 1.165) is 11.1 Å². The maximum Gasteiger partial charge on any atom is 0.255 e. The number of amides is 1. The van der Waals surface area contributed by atoms with Crippen LogP contribution >= 0.6 is 0 Å². The number of carbonyl (C=O) groups is 1. The van der Waals surface area contributed by atoms with Crippen LogP contribution in [0, 0.1) is 11.8 Å². The summed E-state index contributed by atoms with van der Waals surface area (Å²) < 4.78 is 0. The van der Waals surface area contributed by atoms with Gasteiger partial charge in [0.15, 0.2) is 5.82 Å². The normalized spacial score (nSPS) is 9.67. The molecular formula is C20H15N3O. The van der Waals surface area contributed by atoms with Crippen molar-refractivity contribution < 1.29 is 4.79 Å². The maximum absolute atomic E-state index is 12.0. The van der Waals surface area contributed by atoms with Gasteiger partial charge in [-0.15, -0.1) is 0 Å². The van der Waals surface area contributed by atoms with Crippen molar-refractivity contribution in [3.8, 4) is 23.2 Å². The first kappa shape index (κ1) is 15.4. The number of hydrogen-bond acceptors (Lipinski definition) is 3. The highest BCUT2D eigenvalue weighted by molar-refractivity contribution is 5.93. The van der Waals surface area contributed by atoms with Gasteiger partial charge in [0.1, 0.15) is 0 Å². The number of rotatable bonds is 3. The Balaban J connectivity index is 1.59. The fraction of sp³-hybridized carbons (Fsp3) is 0.0500. The molecule has 0 saturated carbocycles. The highest BCUT2D eigenvalue weighted by Gasteiger charge is 2.06. The standard InChI is InChI=1S/C20H15N3O/c24-20(21-13-7-10-16-8-3-1-4-9-16)18-14-22-19(23-15-18)17-11-5-2-6-12-17/h1-6,8-9,11-12,14-15H,13H2,(H,21,24). The third-order valence-corrected chi connectivity index (χ3v) is 3.29. The smallest absolute Gasteiger partial charge is 0.255 e. The molecule has 1 amide bonds. The van der Waals surface area contributed by atoms with Crippen molar-refractivity contribution in [1.82, 2.24) is 15.3 Å². The SMILES string of the molecule is O=C(NCC#Cc1ccccc1)c1cnc(-c2ccccc2)nc1. The minimum absolute atomic E-state index is 0.239. The van der Waals surface area contributed by atoms with Crippen LogP contribution in [0.4, 0.5) is 0 Å². The van der Waals surface area contributed by atoms with E-state index in [9.17, 15) is 4.79 Å². The minimum atomic E-state index is -0.239. The van der Waals surface area contributed by atoms with Crippen molar-refractivity contribution in [3.05, 3.63) is 84.2 Å². The van der Waals surface area contributed by atoms with Crippen molar-refractivity contribution in [2.45, 2.75) is 0 Å². The second-order valence-corrected chi connectivity index (χ2v) is 5.01. The van der Waals surface area contributed by atoms with E-state index in [0.29, 0.717) is 11.4 Å². The second kappa shape index (κ2) is 7.70. The van der Waals surface area contributed by atoms with E-state index >= 15 is 0 Å². The van der Waals surface area contributed by atoms with Crippen LogP contribution in [0.25, 0.3) is 11.4 Å². The predicted octanol–water partition coefficient (Wildman–Crippen LogP) is 2.93. The third kappa shape index (κ3) is 4.05. The van der Waals surface area contributed by atoms with Gasteiger partial charge in [0.05, 0.1) is 12.1 Å². The zero-order chi connectivity index (χ0) is 16.6. The Morgan fingerprint density at radius 1 is 0.917 bits per heavy atom. The Labute approximate surface area is 140 Å². The van der Waals surface area contributed by atoms with E-state index in [1.165, 1.54) is 12.4 Å². The molecule has 0 aliphatic carbocycles. The molecule has 1 N–H and O–H groups in total. The van der Waals surface area contributed by atoms with Gasteiger partial charge in [0.25, 0.3) is 5.91 Å². The summed E-state index contributed by atoms with van der Waals surface area (Å²) in [5.41, 5.74) is 2.25. The molecule has 4 heteroatoms. The molecule has 3 aromatic rings. The lowest BCUT2D eigenvalue weighted by Gasteiger charge is -2.02. The molecule has 0 radical (unpaired) electrons. The molecule has 1 aromatic heterocycles. The number of carbonyl (C=O) groups excluding carboxylic acids is 1. The highest BCUT2D eigenvalue weighted by Crippen LogP contribution is 2.12. The van der Waals surface area contributed by atoms with E-state index in [1.54, 1.807) is 0 Å². The Kier molecular flexibility index (Phi) is 4.96. The number of nitrogens with one attached hydrogen (secondary N) is 1. The van der Waals surface area contributed by atoms with E-state index in [4.69, 9.17) is 0 Å². The summed E-state index contributed by atoms with van der Waals surface area (Å²) >= 11 is 0. The van der Waals surface area contributed by atoms with Gasteiger partial charge in [0.2, 0.25) is 0 Å². The van der Waals surface area contributed by atoms with Crippen molar-refractivity contribution in [2.75, 3.05) is 6.54 Å². The average molecular weight is 313 g/mol. The number of nitrogens with zero attached hydrogens (tertiary/aromatic N) is 2. The Bertz CT molecular complexity index is 864. The average Bonchev–Trinajstić information content (AvgIpc) is 2.67. The van der Waals surface area contributed by atoms with Crippen LogP contribution in [0.3, 0.4) is 0 Å². The lowest BCUT2D eigenvalue weighted by Crippen LogP contribution is -2.23. The van der Waals surface area contributed by atoms with Gasteiger partial charge in [-0.05, 0) is 12.1 Å². The monoisotopic (exact) mass is 313 g/mol. The van der Waals surface area contributed by atoms with Crippen LogP contribution in [0.5, 0.6) is 0 Å². The molecule has 4 nitrogen and oxygen atoms in total. The van der Waals surface area contributed by atoms with E-state index in [1.807, 2.05) is 60.7 Å². The zero-order valence-corrected chi connectivity index (χ0v) is 12.9. The summed E-state index contributed by atoms with van der Waals surface area (Å²) in [5, 5.41) is 2.74. The summed E-state index contributed by atoms with van der Waals surface area (Å²) in [7, 11) is 0. The topological polar surface area (TPSA) is 54.9 Å². The molecule has 0 unspecified atom stereocenters. The molecule has 116 valence electrons. The van der Waals surface area contributed by atoms with Crippen LogP contribution in [0.1, 0.15) is 15.9 Å². The molecule has 0 bridgehead atoms. The first-order valence-corrected chi connectivity index (χ1v) is 7.52. The van der Waals surface area contributed by atoms with Crippen LogP contribution in [-0.4, -0.2) is 22.4 Å². The van der Waals surface area contributed by atoms with Gasteiger partial charge in [-0.3, -0.25) is 4.79 Å². The second-order valence-electron chi connectivity index (χ2n) is 5.01. The van der Waals surface area contributed by atoms with Crippen molar-refractivity contribution in [3.63, 3.8) is 0 Å². The van der Waals surface area contributed by atoms with Crippen molar-refractivity contribution in [2.24, 2.45) is 0 Å². The molecular weight excluding hydrogens is 298 g/mol. The molecule has 2 aromatic carbocycles. The fourth-order valence-corrected chi connectivity index (χ4v) is 2.08. The largest absolute Gasteiger partial charge is 0.341 e. The Hall–Kier alpha value is -3.45. The number of hydrogen-bond donors (Lipinski definition) is 1. The first-order valence-electron chi connectivity index (χ1n) is 7.52. The predicted molar refractivity (Wildman–Crippen MR) is 93.1 cm³/mol. The van der Waals surface area contributed by atoms with Gasteiger partial charge >= 0.3 is 0 Å². The van der Waals surface area contributed by atoms with Gasteiger partial charge in [-0.25, -0.2) is 9.97 Å². The molecule has 0 saturated heterocycles. The Morgan fingerprint density at radius 3 is 2.21 bits per heavy atom. The number of benzene rings is 2. The van der Waals surface area contributed by atoms with E-state index in [-0.39, 0.29) is 12.5 Å². The summed E-state index contributed by atoms with van der Waals surface area (Å²) in [4.78, 5) is 20.5. The van der Waals surface area contributed by atoms with Crippen molar-refractivity contribution in [1.29, 1.82) is 0 Å². The molecule has 3 rings (SSSR count). The molecule has 24 heavy (non-hydrogen) atoms. The van der Waals surface area contributed by atoms with Gasteiger partial charge in [-0.1, -0.05) is 60.4 Å². The molecule has 0 aliphatic rings. The van der Waals surface area contributed by atoms with Crippen LogP contribution in [-0.2, 0) is 0 Å². The van der Waals surface area contributed by atoms with E-state index in [2.05, 4.69) is 27.1 Å². The van der Waals surface area contributed by atoms with Gasteiger partial charge < -0.3 is 5.32 Å². The molecule has 0 aliphatic heterocycles. The highest BCUT2D eigenvalue weighted by atomic mass is 16.1. The quantitative estimate of drug-likeness (QED) is 0.756. The van der Waals surface area contributed by atoms with Crippen LogP contribution < -0.4 is 5.32 Å². The summed E-state index contributed by atoms with van der Waals surface area (Å²) in [6.07, 6.45) is 3.05.